The highest BCUT2D eigenvalue weighted by Gasteiger charge is 2.35. The van der Waals surface area contributed by atoms with E-state index in [1.807, 2.05) is 0 Å². The number of hydrogen-bond donors (Lipinski definition) is 0. The van der Waals surface area contributed by atoms with Gasteiger partial charge in [-0.3, -0.25) is 0 Å². The van der Waals surface area contributed by atoms with Crippen LogP contribution in [0, 0.1) is 6.57 Å². The van der Waals surface area contributed by atoms with Gasteiger partial charge in [-0.1, -0.05) is 6.07 Å². The van der Waals surface area contributed by atoms with E-state index in [2.05, 4.69) is 4.85 Å². The minimum atomic E-state index is -4.91. The molecule has 0 saturated carbocycles. The maximum absolute atomic E-state index is 13.2. The molecule has 0 aliphatic carbocycles. The second-order valence-electron chi connectivity index (χ2n) is 6.44. The highest BCUT2D eigenvalue weighted by Crippen LogP contribution is 2.39. The van der Waals surface area contributed by atoms with E-state index in [0.717, 1.165) is 18.4 Å². The number of anilines is 1. The predicted octanol–water partition coefficient (Wildman–Crippen LogP) is 5.11. The topological polar surface area (TPSA) is 51.0 Å². The number of sulfone groups is 1. The Balaban J connectivity index is 2.21. The van der Waals surface area contributed by atoms with Gasteiger partial charge < -0.3 is 9.64 Å². The third-order valence-electron chi connectivity index (χ3n) is 4.02. The fourth-order valence-electron chi connectivity index (χ4n) is 2.62. The van der Waals surface area contributed by atoms with Crippen molar-refractivity contribution in [1.29, 1.82) is 0 Å². The molecular formula is C19H16F6N2O3S. The zero-order valence-corrected chi connectivity index (χ0v) is 16.8. The molecule has 0 bridgehead atoms. The van der Waals surface area contributed by atoms with Crippen LogP contribution >= 0.6 is 0 Å². The summed E-state index contributed by atoms with van der Waals surface area (Å²) in [5.41, 5.74) is -2.41. The second-order valence-corrected chi connectivity index (χ2v) is 8.46. The van der Waals surface area contributed by atoms with E-state index in [-0.39, 0.29) is 22.9 Å². The molecule has 0 fully saturated rings. The monoisotopic (exact) mass is 466 g/mol. The predicted molar refractivity (Wildman–Crippen MR) is 101 cm³/mol. The molecule has 0 aliphatic rings. The number of nitrogens with zero attached hydrogens (tertiary/aromatic N) is 2. The van der Waals surface area contributed by atoms with Crippen molar-refractivity contribution < 1.29 is 39.5 Å². The van der Waals surface area contributed by atoms with Crippen molar-refractivity contribution in [3.63, 3.8) is 0 Å². The van der Waals surface area contributed by atoms with Crippen LogP contribution in [0.2, 0.25) is 0 Å². The quantitative estimate of drug-likeness (QED) is 0.421. The van der Waals surface area contributed by atoms with Crippen molar-refractivity contribution >= 4 is 21.2 Å². The molecule has 5 nitrogen and oxygen atoms in total. The molecule has 0 aliphatic heterocycles. The zero-order valence-electron chi connectivity index (χ0n) is 16.0. The molecule has 2 aromatic rings. The fraction of sp³-hybridized carbons (Fsp3) is 0.316. The zero-order chi connectivity index (χ0) is 23.4. The molecule has 0 atom stereocenters. The normalized spacial score (nSPS) is 12.3. The van der Waals surface area contributed by atoms with Crippen LogP contribution in [-0.4, -0.2) is 40.5 Å². The summed E-state index contributed by atoms with van der Waals surface area (Å²) in [7, 11) is -3.43. The molecule has 2 rings (SSSR count). The van der Waals surface area contributed by atoms with Crippen LogP contribution in [0.5, 0.6) is 5.75 Å². The van der Waals surface area contributed by atoms with Crippen LogP contribution in [0.15, 0.2) is 47.4 Å². The van der Waals surface area contributed by atoms with E-state index < -0.39 is 46.5 Å². The standard InChI is InChI=1S/C19H16F6N2O3S/c1-26-17-8-3-13(11-16(17)19(23,24)25)27(12-18(20,21)22)9-10-30-14-4-6-15(7-5-14)31(2,28)29/h3-8,11H,9-10,12H2,2H3. The lowest BCUT2D eigenvalue weighted by atomic mass is 10.1. The van der Waals surface area contributed by atoms with E-state index >= 15 is 0 Å². The Kier molecular flexibility index (Phi) is 7.10. The smallest absolute Gasteiger partial charge is 0.407 e. The summed E-state index contributed by atoms with van der Waals surface area (Å²) in [5, 5.41) is 0. The van der Waals surface area contributed by atoms with Crippen LogP contribution in [0.3, 0.4) is 0 Å². The summed E-state index contributed by atoms with van der Waals surface area (Å²) < 4.78 is 107. The Morgan fingerprint density at radius 1 is 1.03 bits per heavy atom. The van der Waals surface area contributed by atoms with Crippen molar-refractivity contribution in [2.45, 2.75) is 17.2 Å². The first-order chi connectivity index (χ1) is 14.2. The highest BCUT2D eigenvalue weighted by atomic mass is 32.2. The number of alkyl halides is 6. The van der Waals surface area contributed by atoms with Gasteiger partial charge in [0.05, 0.1) is 23.6 Å². The lowest BCUT2D eigenvalue weighted by molar-refractivity contribution is -0.136. The van der Waals surface area contributed by atoms with Crippen molar-refractivity contribution in [2.75, 3.05) is 30.9 Å². The average molecular weight is 466 g/mol. The van der Waals surface area contributed by atoms with Crippen LogP contribution in [0.4, 0.5) is 37.7 Å². The number of rotatable bonds is 7. The fourth-order valence-corrected chi connectivity index (χ4v) is 3.25. The number of hydrogen-bond acceptors (Lipinski definition) is 4. The first-order valence-electron chi connectivity index (χ1n) is 8.54. The minimum Gasteiger partial charge on any atom is -0.492 e. The van der Waals surface area contributed by atoms with Crippen LogP contribution in [-0.2, 0) is 16.0 Å². The number of ether oxygens (including phenoxy) is 1. The van der Waals surface area contributed by atoms with Gasteiger partial charge in [-0.2, -0.15) is 26.3 Å². The second kappa shape index (κ2) is 9.05. The Hall–Kier alpha value is -2.94. The first-order valence-corrected chi connectivity index (χ1v) is 10.4. The Bertz CT molecular complexity index is 1060. The van der Waals surface area contributed by atoms with Crippen molar-refractivity contribution in [3.8, 4) is 5.75 Å². The van der Waals surface area contributed by atoms with Gasteiger partial charge in [-0.05, 0) is 36.4 Å². The molecule has 0 aromatic heterocycles. The Labute approximate surface area is 174 Å². The molecule has 168 valence electrons. The van der Waals surface area contributed by atoms with Crippen molar-refractivity contribution in [1.82, 2.24) is 0 Å². The van der Waals surface area contributed by atoms with E-state index in [4.69, 9.17) is 11.3 Å². The van der Waals surface area contributed by atoms with Crippen LogP contribution in [0.1, 0.15) is 5.56 Å². The summed E-state index contributed by atoms with van der Waals surface area (Å²) in [6, 6.07) is 7.48. The van der Waals surface area contributed by atoms with E-state index in [9.17, 15) is 34.8 Å². The SMILES string of the molecule is [C-]#[N+]c1ccc(N(CCOc2ccc(S(C)(=O)=O)cc2)CC(F)(F)F)cc1C(F)(F)F. The maximum atomic E-state index is 13.2. The lowest BCUT2D eigenvalue weighted by Gasteiger charge is -2.27. The van der Waals surface area contributed by atoms with E-state index in [1.54, 1.807) is 0 Å². The molecule has 12 heteroatoms. The van der Waals surface area contributed by atoms with Gasteiger partial charge >= 0.3 is 12.4 Å². The molecule has 0 unspecified atom stereocenters. The first kappa shape index (κ1) is 24.3. The van der Waals surface area contributed by atoms with Gasteiger partial charge in [0, 0.05) is 11.9 Å². The molecule has 0 radical (unpaired) electrons. The summed E-state index contributed by atoms with van der Waals surface area (Å²) in [4.78, 5) is 3.45. The summed E-state index contributed by atoms with van der Waals surface area (Å²) in [5.74, 6) is 0.179. The van der Waals surface area contributed by atoms with Gasteiger partial charge in [0.2, 0.25) is 0 Å². The molecule has 0 spiro atoms. The molecule has 0 saturated heterocycles. The van der Waals surface area contributed by atoms with Crippen molar-refractivity contribution in [3.05, 3.63) is 59.4 Å². The number of halogens is 6. The average Bonchev–Trinajstić information content (AvgIpc) is 2.65. The van der Waals surface area contributed by atoms with E-state index in [1.165, 1.54) is 24.3 Å². The Morgan fingerprint density at radius 3 is 2.13 bits per heavy atom. The Morgan fingerprint density at radius 2 is 1.65 bits per heavy atom. The summed E-state index contributed by atoms with van der Waals surface area (Å²) >= 11 is 0. The summed E-state index contributed by atoms with van der Waals surface area (Å²) in [6.07, 6.45) is -8.60. The maximum Gasteiger partial charge on any atom is 0.407 e. The molecular weight excluding hydrogens is 450 g/mol. The third-order valence-corrected chi connectivity index (χ3v) is 5.15. The van der Waals surface area contributed by atoms with Gasteiger partial charge in [0.25, 0.3) is 0 Å². The van der Waals surface area contributed by atoms with Gasteiger partial charge in [-0.25, -0.2) is 13.3 Å². The van der Waals surface area contributed by atoms with E-state index in [0.29, 0.717) is 11.0 Å². The van der Waals surface area contributed by atoms with Gasteiger partial charge in [-0.15, -0.1) is 0 Å². The van der Waals surface area contributed by atoms with Gasteiger partial charge in [0.15, 0.2) is 15.5 Å². The van der Waals surface area contributed by atoms with Gasteiger partial charge in [0.1, 0.15) is 18.9 Å². The largest absolute Gasteiger partial charge is 0.492 e. The van der Waals surface area contributed by atoms with Crippen LogP contribution < -0.4 is 9.64 Å². The molecule has 0 amide bonds. The molecule has 2 aromatic carbocycles. The van der Waals surface area contributed by atoms with Crippen molar-refractivity contribution in [2.24, 2.45) is 0 Å². The molecule has 0 heterocycles. The minimum absolute atomic E-state index is 0.0260. The van der Waals surface area contributed by atoms with Crippen LogP contribution in [0.25, 0.3) is 4.85 Å². The third kappa shape index (κ3) is 7.06. The molecule has 0 N–H and O–H groups in total. The lowest BCUT2D eigenvalue weighted by Crippen LogP contribution is -2.37. The summed E-state index contributed by atoms with van der Waals surface area (Å²) in [6.45, 7) is 4.56. The number of benzene rings is 2. The molecule has 31 heavy (non-hydrogen) atoms. The highest BCUT2D eigenvalue weighted by molar-refractivity contribution is 7.90.